The third-order valence-corrected chi connectivity index (χ3v) is 10.2. The molecule has 12 nitrogen and oxygen atoms in total. The van der Waals surface area contributed by atoms with Gasteiger partial charge in [-0.2, -0.15) is 0 Å². The zero-order valence-electron chi connectivity index (χ0n) is 19.5. The second-order valence-electron chi connectivity index (χ2n) is 8.11. The maximum Gasteiger partial charge on any atom is 0.352 e. The van der Waals surface area contributed by atoms with E-state index in [0.29, 0.717) is 17.1 Å². The van der Waals surface area contributed by atoms with E-state index < -0.39 is 29.2 Å². The number of pyridine rings is 1. The summed E-state index contributed by atoms with van der Waals surface area (Å²) < 4.78 is 2.00. The van der Waals surface area contributed by atoms with Crippen molar-refractivity contribution in [2.75, 3.05) is 29.7 Å². The van der Waals surface area contributed by atoms with Gasteiger partial charge in [0.25, 0.3) is 11.8 Å². The number of carboxylic acid groups (broad SMARTS) is 1. The number of aliphatic carboxylic acids is 1. The predicted molar refractivity (Wildman–Crippen MR) is 143 cm³/mol. The molecule has 0 saturated carbocycles. The van der Waals surface area contributed by atoms with E-state index in [-0.39, 0.29) is 26.9 Å². The third kappa shape index (κ3) is 4.97. The predicted octanol–water partition coefficient (Wildman–Crippen LogP) is 0.874. The van der Waals surface area contributed by atoms with Crippen molar-refractivity contribution in [1.82, 2.24) is 15.2 Å². The van der Waals surface area contributed by atoms with Crippen molar-refractivity contribution in [3.8, 4) is 0 Å². The van der Waals surface area contributed by atoms with Gasteiger partial charge in [-0.3, -0.25) is 14.5 Å². The standard InChI is InChI=1S/C21H21N7O5S4/c1-27-4-3-10-12(5-27)37-21(24-10)36-7-9-6-34-18-14(17(30)28(18)15(9)19(31)32)25-16(29)13(26-33-2)11-8-35-20(22)23-11/h3-5,8,14,18,21H,6-7H2,1-2H3,(H4,22,23,25,29,31,32)/p+1/b26-13-/t14?,18-,21?/m1/s1. The van der Waals surface area contributed by atoms with Gasteiger partial charge in [0.2, 0.25) is 0 Å². The highest BCUT2D eigenvalue weighted by molar-refractivity contribution is 8.17. The molecule has 1 fully saturated rings. The Morgan fingerprint density at radius 1 is 1.49 bits per heavy atom. The number of hydrogen-bond donors (Lipinski definition) is 4. The average molecular weight is 581 g/mol. The van der Waals surface area contributed by atoms with E-state index in [1.807, 2.05) is 30.1 Å². The number of hydrogen-bond acceptors (Lipinski definition) is 12. The summed E-state index contributed by atoms with van der Waals surface area (Å²) in [7, 11) is 3.25. The summed E-state index contributed by atoms with van der Waals surface area (Å²) in [4.78, 5) is 49.3. The van der Waals surface area contributed by atoms with Gasteiger partial charge in [0, 0.05) is 23.0 Å². The van der Waals surface area contributed by atoms with Crippen LogP contribution in [0.4, 0.5) is 10.8 Å². The quantitative estimate of drug-likeness (QED) is 0.152. The Hall–Kier alpha value is -2.95. The first-order chi connectivity index (χ1) is 17.8. The van der Waals surface area contributed by atoms with Gasteiger partial charge >= 0.3 is 5.97 Å². The highest BCUT2D eigenvalue weighted by Gasteiger charge is 2.54. The van der Waals surface area contributed by atoms with E-state index >= 15 is 0 Å². The molecule has 3 aliphatic rings. The van der Waals surface area contributed by atoms with Crippen molar-refractivity contribution >= 4 is 80.9 Å². The van der Waals surface area contributed by atoms with Crippen LogP contribution in [0.3, 0.4) is 0 Å². The van der Waals surface area contributed by atoms with Crippen LogP contribution in [0.25, 0.3) is 0 Å². The molecule has 2 aromatic heterocycles. The zero-order valence-corrected chi connectivity index (χ0v) is 22.8. The van der Waals surface area contributed by atoms with E-state index in [9.17, 15) is 19.5 Å². The normalized spacial score (nSPS) is 22.6. The molecule has 3 aliphatic heterocycles. The van der Waals surface area contributed by atoms with Crippen LogP contribution >= 0.6 is 46.6 Å². The molecule has 1 saturated heterocycles. The van der Waals surface area contributed by atoms with Crippen LogP contribution in [0, 0.1) is 0 Å². The Balaban J connectivity index is 1.26. The Morgan fingerprint density at radius 3 is 3.00 bits per heavy atom. The fourth-order valence-corrected chi connectivity index (χ4v) is 8.51. The fourth-order valence-electron chi connectivity index (χ4n) is 4.00. The van der Waals surface area contributed by atoms with Crippen molar-refractivity contribution in [3.05, 3.63) is 40.8 Å². The summed E-state index contributed by atoms with van der Waals surface area (Å²) in [5.74, 6) is -1.45. The molecule has 0 spiro atoms. The number of carbonyl (C=O) groups excluding carboxylic acids is 2. The van der Waals surface area contributed by atoms with Gasteiger partial charge in [0.15, 0.2) is 23.2 Å². The molecule has 3 atom stereocenters. The molecular formula is C21H22N7O5S4+. The fraction of sp³-hybridized carbons (Fsp3) is 0.333. The minimum atomic E-state index is -1.17. The van der Waals surface area contributed by atoms with Gasteiger partial charge in [-0.1, -0.05) is 16.9 Å². The Bertz CT molecular complexity index is 1350. The van der Waals surface area contributed by atoms with E-state index in [2.05, 4.69) is 20.8 Å². The maximum absolute atomic E-state index is 13.0. The van der Waals surface area contributed by atoms with Crippen molar-refractivity contribution in [2.24, 2.45) is 12.2 Å². The second kappa shape index (κ2) is 10.4. The van der Waals surface area contributed by atoms with Gasteiger partial charge < -0.3 is 26.3 Å². The molecular weight excluding hydrogens is 559 g/mol. The monoisotopic (exact) mass is 580 g/mol. The largest absolute Gasteiger partial charge is 0.477 e. The number of carboxylic acids is 1. The number of fused-ring (bicyclic) bond motifs is 2. The van der Waals surface area contributed by atoms with Crippen molar-refractivity contribution in [2.45, 2.75) is 21.0 Å². The van der Waals surface area contributed by atoms with E-state index in [4.69, 9.17) is 10.6 Å². The highest BCUT2D eigenvalue weighted by Crippen LogP contribution is 2.45. The second-order valence-corrected chi connectivity index (χ2v) is 12.6. The van der Waals surface area contributed by atoms with Gasteiger partial charge in [-0.25, -0.2) is 14.3 Å². The lowest BCUT2D eigenvalue weighted by Gasteiger charge is -2.49. The molecule has 5 N–H and O–H groups in total. The SMILES string of the molecule is CO/N=C(\C(=O)NC1C(=O)N2C(C(=O)O)=C(CSC3Nc4cc[n+](C)cc4S3)CS[C@H]12)c1csc(N)n1. The number of anilines is 2. The number of nitrogens with zero attached hydrogens (tertiary/aromatic N) is 4. The molecule has 2 amide bonds. The zero-order chi connectivity index (χ0) is 26.3. The first-order valence-corrected chi connectivity index (χ1v) is 14.7. The number of aryl methyl sites for hydroxylation is 1. The number of nitrogens with one attached hydrogen (secondary N) is 2. The summed E-state index contributed by atoms with van der Waals surface area (Å²) in [5, 5.41) is 21.0. The van der Waals surface area contributed by atoms with E-state index in [1.165, 1.54) is 23.8 Å². The lowest BCUT2D eigenvalue weighted by molar-refractivity contribution is -0.673. The summed E-state index contributed by atoms with van der Waals surface area (Å²) >= 11 is 5.80. The summed E-state index contributed by atoms with van der Waals surface area (Å²) in [6.07, 6.45) is 4.00. The van der Waals surface area contributed by atoms with Crippen LogP contribution < -0.4 is 20.9 Å². The lowest BCUT2D eigenvalue weighted by Crippen LogP contribution is -2.71. The summed E-state index contributed by atoms with van der Waals surface area (Å²) in [5.41, 5.74) is 7.45. The molecule has 2 aromatic rings. The van der Waals surface area contributed by atoms with Crippen molar-refractivity contribution in [3.63, 3.8) is 0 Å². The first-order valence-electron chi connectivity index (χ1n) is 10.8. The van der Waals surface area contributed by atoms with E-state index in [1.54, 1.807) is 28.9 Å². The van der Waals surface area contributed by atoms with Gasteiger partial charge in [-0.15, -0.1) is 34.9 Å². The third-order valence-electron chi connectivity index (χ3n) is 5.68. The number of thiazole rings is 1. The number of thioether (sulfide) groups is 3. The Labute approximate surface area is 228 Å². The van der Waals surface area contributed by atoms with Crippen molar-refractivity contribution in [1.29, 1.82) is 0 Å². The minimum Gasteiger partial charge on any atom is -0.477 e. The molecule has 5 heterocycles. The smallest absolute Gasteiger partial charge is 0.352 e. The molecule has 194 valence electrons. The number of nitrogens with two attached hydrogens (primary N) is 1. The number of amides is 2. The average Bonchev–Trinajstić information content (AvgIpc) is 3.48. The summed E-state index contributed by atoms with van der Waals surface area (Å²) in [6.45, 7) is 0. The molecule has 2 unspecified atom stereocenters. The number of β-lactam (4-membered cyclic amide) rings is 1. The topological polar surface area (TPSA) is 163 Å². The van der Waals surface area contributed by atoms with Crippen LogP contribution in [-0.4, -0.2) is 73.2 Å². The number of rotatable bonds is 8. The van der Waals surface area contributed by atoms with Crippen LogP contribution in [0.5, 0.6) is 0 Å². The Kier molecular flexibility index (Phi) is 7.24. The van der Waals surface area contributed by atoms with Gasteiger partial charge in [0.1, 0.15) is 41.7 Å². The van der Waals surface area contributed by atoms with Crippen LogP contribution in [0.1, 0.15) is 5.69 Å². The molecule has 0 aromatic carbocycles. The number of carbonyl (C=O) groups is 3. The molecule has 0 bridgehead atoms. The van der Waals surface area contributed by atoms with Crippen molar-refractivity contribution < 1.29 is 28.9 Å². The summed E-state index contributed by atoms with van der Waals surface area (Å²) in [6, 6.07) is 1.10. The highest BCUT2D eigenvalue weighted by atomic mass is 32.2. The molecule has 37 heavy (non-hydrogen) atoms. The Morgan fingerprint density at radius 2 is 2.30 bits per heavy atom. The van der Waals surface area contributed by atoms with Crippen LogP contribution in [0.15, 0.2) is 45.2 Å². The number of nitrogen functional groups attached to an aromatic ring is 1. The van der Waals surface area contributed by atoms with Crippen LogP contribution in [0.2, 0.25) is 0 Å². The molecule has 0 aliphatic carbocycles. The first kappa shape index (κ1) is 25.7. The molecule has 5 rings (SSSR count). The molecule has 0 radical (unpaired) electrons. The van der Waals surface area contributed by atoms with Gasteiger partial charge in [0.05, 0.1) is 10.6 Å². The van der Waals surface area contributed by atoms with E-state index in [0.717, 1.165) is 21.9 Å². The van der Waals surface area contributed by atoms with Gasteiger partial charge in [-0.05, 0) is 5.57 Å². The van der Waals surface area contributed by atoms with Crippen LogP contribution in [-0.2, 0) is 26.3 Å². The lowest BCUT2D eigenvalue weighted by atomic mass is 10.0. The molecule has 16 heteroatoms. The maximum atomic E-state index is 13.0. The number of oxime groups is 1. The number of aromatic nitrogens is 2. The minimum absolute atomic E-state index is 0.0169.